The van der Waals surface area contributed by atoms with Crippen molar-refractivity contribution >= 4 is 29.6 Å². The van der Waals surface area contributed by atoms with Crippen LogP contribution in [0.25, 0.3) is 6.08 Å². The zero-order valence-electron chi connectivity index (χ0n) is 16.6. The molecule has 1 aliphatic rings. The van der Waals surface area contributed by atoms with Gasteiger partial charge in [-0.25, -0.2) is 9.59 Å². The topological polar surface area (TPSA) is 100 Å². The van der Waals surface area contributed by atoms with Gasteiger partial charge in [0.25, 0.3) is 0 Å². The van der Waals surface area contributed by atoms with Gasteiger partial charge in [-0.3, -0.25) is 0 Å². The number of carboxylic acid groups (broad SMARTS) is 2. The summed E-state index contributed by atoms with van der Waals surface area (Å²) in [5, 5.41) is 16.5. The Morgan fingerprint density at radius 3 is 2.40 bits per heavy atom. The van der Waals surface area contributed by atoms with Gasteiger partial charge in [-0.1, -0.05) is 11.6 Å². The van der Waals surface area contributed by atoms with Gasteiger partial charge >= 0.3 is 11.9 Å². The quantitative estimate of drug-likeness (QED) is 0.669. The van der Waals surface area contributed by atoms with Gasteiger partial charge in [-0.2, -0.15) is 0 Å². The summed E-state index contributed by atoms with van der Waals surface area (Å²) in [5.74, 6) is -0.737. The molecule has 2 aromatic rings. The maximum absolute atomic E-state index is 9.55. The monoisotopic (exact) mass is 433 g/mol. The van der Waals surface area contributed by atoms with Crippen molar-refractivity contribution < 1.29 is 29.0 Å². The summed E-state index contributed by atoms with van der Waals surface area (Å²) >= 11 is 6.36. The molecule has 0 amide bonds. The number of carbonyl (C=O) groups is 2. The smallest absolute Gasteiger partial charge is 0.328 e. The SMILES string of the molecule is CN1CCc2c(Cl)ccc(OCC=Cc3ccco3)c2CC1.O=C(O)C=CC(=O)O. The van der Waals surface area contributed by atoms with Gasteiger partial charge in [0.05, 0.1) is 6.26 Å². The molecule has 1 aromatic carbocycles. The Labute approximate surface area is 179 Å². The van der Waals surface area contributed by atoms with E-state index >= 15 is 0 Å². The molecule has 2 N–H and O–H groups in total. The maximum atomic E-state index is 9.55. The van der Waals surface area contributed by atoms with E-state index in [0.29, 0.717) is 18.8 Å². The van der Waals surface area contributed by atoms with E-state index in [1.807, 2.05) is 36.4 Å². The second-order valence-electron chi connectivity index (χ2n) is 6.54. The molecule has 3 rings (SSSR count). The number of benzene rings is 1. The second kappa shape index (κ2) is 11.8. The van der Waals surface area contributed by atoms with Crippen LogP contribution in [0.4, 0.5) is 0 Å². The average Bonchev–Trinajstić information content (AvgIpc) is 3.14. The van der Waals surface area contributed by atoms with Crippen molar-refractivity contribution in [3.63, 3.8) is 0 Å². The number of carboxylic acids is 2. The number of rotatable bonds is 6. The van der Waals surface area contributed by atoms with Crippen molar-refractivity contribution in [1.82, 2.24) is 4.90 Å². The van der Waals surface area contributed by atoms with E-state index < -0.39 is 11.9 Å². The van der Waals surface area contributed by atoms with Crippen LogP contribution in [-0.4, -0.2) is 53.8 Å². The Hall–Kier alpha value is -3.03. The summed E-state index contributed by atoms with van der Waals surface area (Å²) in [6, 6.07) is 7.71. The Balaban J connectivity index is 0.000000343. The van der Waals surface area contributed by atoms with Gasteiger partial charge in [0.1, 0.15) is 18.1 Å². The van der Waals surface area contributed by atoms with Gasteiger partial charge in [0, 0.05) is 35.8 Å². The predicted octanol–water partition coefficient (Wildman–Crippen LogP) is 3.77. The molecule has 0 aliphatic carbocycles. The first-order valence-corrected chi connectivity index (χ1v) is 9.70. The average molecular weight is 434 g/mol. The lowest BCUT2D eigenvalue weighted by Gasteiger charge is -2.14. The van der Waals surface area contributed by atoms with Gasteiger partial charge in [0.15, 0.2) is 0 Å². The first-order valence-electron chi connectivity index (χ1n) is 9.32. The minimum atomic E-state index is -1.26. The largest absolute Gasteiger partial charge is 0.489 e. The Morgan fingerprint density at radius 2 is 1.80 bits per heavy atom. The molecule has 2 heterocycles. The van der Waals surface area contributed by atoms with Gasteiger partial charge in [-0.15, -0.1) is 0 Å². The number of ether oxygens (including phenoxy) is 1. The summed E-state index contributed by atoms with van der Waals surface area (Å²) < 4.78 is 11.2. The summed E-state index contributed by atoms with van der Waals surface area (Å²) in [5.41, 5.74) is 2.49. The molecule has 0 saturated heterocycles. The lowest BCUT2D eigenvalue weighted by Crippen LogP contribution is -2.20. The number of furan rings is 1. The van der Waals surface area contributed by atoms with E-state index in [1.165, 1.54) is 11.1 Å². The fourth-order valence-corrected chi connectivity index (χ4v) is 3.14. The van der Waals surface area contributed by atoms with Crippen LogP contribution in [0.1, 0.15) is 16.9 Å². The van der Waals surface area contributed by atoms with E-state index in [0.717, 1.165) is 42.5 Å². The van der Waals surface area contributed by atoms with Crippen LogP contribution >= 0.6 is 11.6 Å². The number of halogens is 1. The summed E-state index contributed by atoms with van der Waals surface area (Å²) in [7, 11) is 2.15. The van der Waals surface area contributed by atoms with Crippen molar-refractivity contribution in [3.8, 4) is 5.75 Å². The fraction of sp³-hybridized carbons (Fsp3) is 0.273. The molecule has 7 nitrogen and oxygen atoms in total. The number of fused-ring (bicyclic) bond motifs is 1. The minimum Gasteiger partial charge on any atom is -0.489 e. The van der Waals surface area contributed by atoms with E-state index in [4.69, 9.17) is 31.0 Å². The Bertz CT molecular complexity index is 889. The number of hydrogen-bond donors (Lipinski definition) is 2. The molecule has 0 fully saturated rings. The summed E-state index contributed by atoms with van der Waals surface area (Å²) in [4.78, 5) is 21.4. The molecule has 0 spiro atoms. The Morgan fingerprint density at radius 1 is 1.13 bits per heavy atom. The van der Waals surface area contributed by atoms with Crippen LogP contribution in [0.15, 0.2) is 53.2 Å². The van der Waals surface area contributed by atoms with Crippen LogP contribution in [0, 0.1) is 0 Å². The summed E-state index contributed by atoms with van der Waals surface area (Å²) in [6.45, 7) is 2.59. The summed E-state index contributed by atoms with van der Waals surface area (Å²) in [6.07, 6.45) is 8.61. The van der Waals surface area contributed by atoms with E-state index in [9.17, 15) is 9.59 Å². The molecule has 0 unspecified atom stereocenters. The van der Waals surface area contributed by atoms with Gasteiger partial charge in [0.2, 0.25) is 0 Å². The molecular formula is C22H24ClNO6. The van der Waals surface area contributed by atoms with Crippen molar-refractivity contribution in [2.24, 2.45) is 0 Å². The van der Waals surface area contributed by atoms with Crippen molar-refractivity contribution in [2.75, 3.05) is 26.7 Å². The highest BCUT2D eigenvalue weighted by atomic mass is 35.5. The fourth-order valence-electron chi connectivity index (χ4n) is 2.87. The van der Waals surface area contributed by atoms with E-state index in [2.05, 4.69) is 11.9 Å². The van der Waals surface area contributed by atoms with E-state index in [1.54, 1.807) is 6.26 Å². The van der Waals surface area contributed by atoms with Crippen molar-refractivity contribution in [3.05, 3.63) is 70.7 Å². The van der Waals surface area contributed by atoms with E-state index in [-0.39, 0.29) is 0 Å². The van der Waals surface area contributed by atoms with Crippen LogP contribution < -0.4 is 4.74 Å². The molecule has 0 radical (unpaired) electrons. The molecule has 0 bridgehead atoms. The molecular weight excluding hydrogens is 410 g/mol. The molecule has 0 atom stereocenters. The highest BCUT2D eigenvalue weighted by molar-refractivity contribution is 6.31. The zero-order valence-corrected chi connectivity index (χ0v) is 17.3. The van der Waals surface area contributed by atoms with Crippen LogP contribution in [-0.2, 0) is 22.4 Å². The third-order valence-electron chi connectivity index (χ3n) is 4.35. The third kappa shape index (κ3) is 7.77. The molecule has 160 valence electrons. The third-order valence-corrected chi connectivity index (χ3v) is 4.70. The number of nitrogens with zero attached hydrogens (tertiary/aromatic N) is 1. The maximum Gasteiger partial charge on any atom is 0.328 e. The second-order valence-corrected chi connectivity index (χ2v) is 6.95. The van der Waals surface area contributed by atoms with Crippen LogP contribution in [0.2, 0.25) is 5.02 Å². The zero-order chi connectivity index (χ0) is 21.9. The molecule has 1 aliphatic heterocycles. The number of aliphatic carboxylic acids is 2. The molecule has 30 heavy (non-hydrogen) atoms. The van der Waals surface area contributed by atoms with Crippen LogP contribution in [0.3, 0.4) is 0 Å². The molecule has 8 heteroatoms. The van der Waals surface area contributed by atoms with Crippen LogP contribution in [0.5, 0.6) is 5.75 Å². The van der Waals surface area contributed by atoms with Crippen molar-refractivity contribution in [2.45, 2.75) is 12.8 Å². The molecule has 0 saturated carbocycles. The lowest BCUT2D eigenvalue weighted by atomic mass is 10.0. The number of hydrogen-bond acceptors (Lipinski definition) is 5. The highest BCUT2D eigenvalue weighted by Crippen LogP contribution is 2.31. The van der Waals surface area contributed by atoms with Crippen molar-refractivity contribution in [1.29, 1.82) is 0 Å². The van der Waals surface area contributed by atoms with Gasteiger partial charge < -0.3 is 24.3 Å². The Kier molecular flexibility index (Phi) is 9.18. The standard InChI is InChI=1S/C18H20ClNO2.C4H4O4/c1-20-10-8-15-16(9-11-20)18(7-6-17(15)19)22-13-3-5-14-4-2-12-21-14;5-3(6)1-2-4(7)8/h2-7,12H,8-11,13H2,1H3;1-2H,(H,5,6)(H,7,8). The minimum absolute atomic E-state index is 0.518. The van der Waals surface area contributed by atoms with Gasteiger partial charge in [-0.05, 0) is 61.9 Å². The first kappa shape index (κ1) is 23.3. The normalized spacial score (nSPS) is 14.1. The molecule has 1 aromatic heterocycles. The lowest BCUT2D eigenvalue weighted by molar-refractivity contribution is -0.134. The highest BCUT2D eigenvalue weighted by Gasteiger charge is 2.17. The predicted molar refractivity (Wildman–Crippen MR) is 114 cm³/mol. The first-order chi connectivity index (χ1) is 14.4. The number of likely N-dealkylation sites (N-methyl/N-ethyl adjacent to an activating group) is 1.